The molecule has 0 saturated heterocycles. The highest BCUT2D eigenvalue weighted by molar-refractivity contribution is 6.05. The van der Waals surface area contributed by atoms with Crippen LogP contribution in [0.25, 0.3) is 55.3 Å². The number of fused-ring (bicyclic) bond motifs is 10. The van der Waals surface area contributed by atoms with Gasteiger partial charge in [-0.15, -0.1) is 0 Å². The number of benzene rings is 9. The molecule has 0 amide bonds. The summed E-state index contributed by atoms with van der Waals surface area (Å²) in [6.07, 6.45) is 0. The summed E-state index contributed by atoms with van der Waals surface area (Å²) in [6, 6.07) is 72.7. The van der Waals surface area contributed by atoms with Crippen LogP contribution in [0, 0.1) is 6.92 Å². The summed E-state index contributed by atoms with van der Waals surface area (Å²) in [5.74, 6) is 0. The molecule has 0 unspecified atom stereocenters. The van der Waals surface area contributed by atoms with E-state index in [1.54, 1.807) is 0 Å². The second-order valence-electron chi connectivity index (χ2n) is 17.0. The Morgan fingerprint density at radius 1 is 0.345 bits per heavy atom. The smallest absolute Gasteiger partial charge is 0.0725 e. The summed E-state index contributed by atoms with van der Waals surface area (Å²) in [5, 5.41) is 2.73. The molecule has 9 aromatic rings. The lowest BCUT2D eigenvalue weighted by Crippen LogP contribution is -2.36. The van der Waals surface area contributed by atoms with E-state index in [4.69, 9.17) is 0 Å². The molecule has 0 N–H and O–H groups in total. The molecule has 1 nitrogen and oxygen atoms in total. The molecule has 1 heteroatoms. The second-order valence-corrected chi connectivity index (χ2v) is 17.0. The van der Waals surface area contributed by atoms with Crippen LogP contribution in [0.1, 0.15) is 52.8 Å². The van der Waals surface area contributed by atoms with E-state index in [1.165, 1.54) is 94.2 Å². The van der Waals surface area contributed by atoms with Gasteiger partial charge in [0.1, 0.15) is 0 Å². The van der Waals surface area contributed by atoms with Gasteiger partial charge in [-0.05, 0) is 150 Å². The fourth-order valence-electron chi connectivity index (χ4n) is 10.8. The van der Waals surface area contributed by atoms with Gasteiger partial charge in [-0.3, -0.25) is 0 Å². The van der Waals surface area contributed by atoms with Crippen LogP contribution in [0.3, 0.4) is 0 Å². The lowest BCUT2D eigenvalue weighted by Gasteiger charge is -2.43. The molecule has 0 fully saturated rings. The third-order valence-electron chi connectivity index (χ3n) is 13.5. The van der Waals surface area contributed by atoms with E-state index in [-0.39, 0.29) is 10.8 Å². The first-order chi connectivity index (χ1) is 28.4. The molecule has 0 aliphatic heterocycles. The maximum Gasteiger partial charge on any atom is 0.0725 e. The maximum atomic E-state index is 2.47. The fraction of sp³-hybridized carbons (Fsp3) is 0.0877. The number of hydrogen-bond donors (Lipinski definition) is 0. The van der Waals surface area contributed by atoms with E-state index in [1.807, 2.05) is 0 Å². The van der Waals surface area contributed by atoms with E-state index in [0.717, 1.165) is 17.1 Å². The van der Waals surface area contributed by atoms with Crippen molar-refractivity contribution in [3.63, 3.8) is 0 Å². The Labute approximate surface area is 340 Å². The number of anilines is 3. The molecule has 12 rings (SSSR count). The van der Waals surface area contributed by atoms with Crippen LogP contribution >= 0.6 is 0 Å². The Balaban J connectivity index is 0.910. The van der Waals surface area contributed by atoms with Crippen molar-refractivity contribution in [1.29, 1.82) is 0 Å². The van der Waals surface area contributed by atoms with Gasteiger partial charge in [0, 0.05) is 22.5 Å². The predicted molar refractivity (Wildman–Crippen MR) is 243 cm³/mol. The van der Waals surface area contributed by atoms with Crippen molar-refractivity contribution in [2.45, 2.75) is 31.6 Å². The Morgan fingerprint density at radius 2 is 0.828 bits per heavy atom. The van der Waals surface area contributed by atoms with Crippen molar-refractivity contribution in [3.8, 4) is 44.5 Å². The minimum absolute atomic E-state index is 0.0283. The fourth-order valence-corrected chi connectivity index (χ4v) is 10.8. The van der Waals surface area contributed by atoms with Crippen molar-refractivity contribution in [2.75, 3.05) is 4.90 Å². The third-order valence-corrected chi connectivity index (χ3v) is 13.5. The molecule has 0 saturated carbocycles. The van der Waals surface area contributed by atoms with Gasteiger partial charge in [-0.25, -0.2) is 0 Å². The van der Waals surface area contributed by atoms with E-state index < -0.39 is 0 Å². The minimum atomic E-state index is -0.243. The normalized spacial score (nSPS) is 14.4. The molecule has 58 heavy (non-hydrogen) atoms. The monoisotopic (exact) mass is 739 g/mol. The summed E-state index contributed by atoms with van der Waals surface area (Å²) in [7, 11) is 0. The van der Waals surface area contributed by atoms with Gasteiger partial charge < -0.3 is 4.90 Å². The zero-order valence-electron chi connectivity index (χ0n) is 32.9. The molecule has 274 valence electrons. The summed E-state index contributed by atoms with van der Waals surface area (Å²) >= 11 is 0. The molecule has 0 radical (unpaired) electrons. The zero-order chi connectivity index (χ0) is 38.8. The molecular weight excluding hydrogens is 699 g/mol. The predicted octanol–water partition coefficient (Wildman–Crippen LogP) is 14.9. The van der Waals surface area contributed by atoms with Crippen LogP contribution in [0.4, 0.5) is 17.1 Å². The van der Waals surface area contributed by atoms with Gasteiger partial charge >= 0.3 is 0 Å². The van der Waals surface area contributed by atoms with E-state index >= 15 is 0 Å². The molecule has 0 atom stereocenters. The molecule has 1 spiro atoms. The number of aryl methyl sites for hydroxylation is 1. The highest BCUT2D eigenvalue weighted by atomic mass is 15.1. The van der Waals surface area contributed by atoms with Gasteiger partial charge in [0.25, 0.3) is 0 Å². The Kier molecular flexibility index (Phi) is 6.88. The van der Waals surface area contributed by atoms with E-state index in [9.17, 15) is 0 Å². The standard InChI is InChI=1S/C57H41N/c1-36-11-8-14-44(33-36)58(42-27-21-37(22-28-42)40-25-31-47-45-15-4-6-17-49(45)56(2,3)53(47)34-40)43-29-23-38(24-30-43)41-26-32-48-46-16-5-7-18-50(46)57(54(48)35-41)51-19-9-12-39-13-10-20-52(57)55(39)51/h4-35H,1-3H3. The highest BCUT2D eigenvalue weighted by Gasteiger charge is 2.53. The van der Waals surface area contributed by atoms with Gasteiger partial charge in [0.15, 0.2) is 0 Å². The van der Waals surface area contributed by atoms with Gasteiger partial charge in [0.05, 0.1) is 5.41 Å². The average molecular weight is 740 g/mol. The molecule has 0 heterocycles. The minimum Gasteiger partial charge on any atom is -0.310 e. The topological polar surface area (TPSA) is 3.24 Å². The number of hydrogen-bond acceptors (Lipinski definition) is 1. The van der Waals surface area contributed by atoms with Crippen molar-refractivity contribution in [1.82, 2.24) is 0 Å². The molecular formula is C57H41N. The Morgan fingerprint density at radius 3 is 1.45 bits per heavy atom. The SMILES string of the molecule is Cc1cccc(N(c2ccc(-c3ccc4c(c3)C(C)(C)c3ccccc3-4)cc2)c2ccc(-c3ccc4c(c3)C3(c5ccccc5-4)c4cccc5cccc3c45)cc2)c1. The van der Waals surface area contributed by atoms with E-state index in [0.29, 0.717) is 0 Å². The molecule has 0 aromatic heterocycles. The summed E-state index contributed by atoms with van der Waals surface area (Å²) in [4.78, 5) is 2.38. The lowest BCUT2D eigenvalue weighted by atomic mass is 9.58. The quantitative estimate of drug-likeness (QED) is 0.170. The first kappa shape index (κ1) is 33.2. The maximum absolute atomic E-state index is 2.47. The van der Waals surface area contributed by atoms with Crippen molar-refractivity contribution in [3.05, 3.63) is 233 Å². The van der Waals surface area contributed by atoms with Gasteiger partial charge in [-0.2, -0.15) is 0 Å². The number of nitrogens with zero attached hydrogens (tertiary/aromatic N) is 1. The number of rotatable bonds is 5. The van der Waals surface area contributed by atoms with Gasteiger partial charge in [0.2, 0.25) is 0 Å². The molecule has 0 bridgehead atoms. The Hall–Kier alpha value is -6.96. The largest absolute Gasteiger partial charge is 0.310 e. The van der Waals surface area contributed by atoms with Crippen LogP contribution in [-0.2, 0) is 10.8 Å². The zero-order valence-corrected chi connectivity index (χ0v) is 32.9. The van der Waals surface area contributed by atoms with E-state index in [2.05, 4.69) is 220 Å². The summed E-state index contributed by atoms with van der Waals surface area (Å²) in [6.45, 7) is 6.87. The van der Waals surface area contributed by atoms with Crippen LogP contribution in [0.5, 0.6) is 0 Å². The van der Waals surface area contributed by atoms with Crippen molar-refractivity contribution < 1.29 is 0 Å². The average Bonchev–Trinajstić information content (AvgIpc) is 3.70. The highest BCUT2D eigenvalue weighted by Crippen LogP contribution is 2.64. The molecule has 9 aromatic carbocycles. The van der Waals surface area contributed by atoms with Gasteiger partial charge in [-0.1, -0.05) is 159 Å². The second kappa shape index (κ2) is 12.0. The van der Waals surface area contributed by atoms with Crippen LogP contribution in [0.15, 0.2) is 194 Å². The first-order valence-corrected chi connectivity index (χ1v) is 20.5. The van der Waals surface area contributed by atoms with Crippen molar-refractivity contribution >= 4 is 27.8 Å². The van der Waals surface area contributed by atoms with Crippen LogP contribution in [-0.4, -0.2) is 0 Å². The molecule has 3 aliphatic rings. The first-order valence-electron chi connectivity index (χ1n) is 20.5. The lowest BCUT2D eigenvalue weighted by molar-refractivity contribution is 0.660. The van der Waals surface area contributed by atoms with Crippen LogP contribution in [0.2, 0.25) is 0 Å². The molecule has 3 aliphatic carbocycles. The summed E-state index contributed by atoms with van der Waals surface area (Å²) in [5.41, 5.74) is 23.1. The third kappa shape index (κ3) is 4.47. The Bertz CT molecular complexity index is 3110. The summed E-state index contributed by atoms with van der Waals surface area (Å²) < 4.78 is 0. The van der Waals surface area contributed by atoms with Crippen molar-refractivity contribution in [2.24, 2.45) is 0 Å². The van der Waals surface area contributed by atoms with Crippen LogP contribution < -0.4 is 4.90 Å².